The van der Waals surface area contributed by atoms with Gasteiger partial charge in [-0.15, -0.1) is 11.8 Å². The maximum Gasteiger partial charge on any atom is 0.278 e. The van der Waals surface area contributed by atoms with Crippen LogP contribution in [0.1, 0.15) is 22.5 Å². The number of nitrogens with two attached hydrogens (primary N) is 1. The molecule has 0 saturated heterocycles. The second-order valence-corrected chi connectivity index (χ2v) is 6.61. The predicted molar refractivity (Wildman–Crippen MR) is 81.2 cm³/mol. The van der Waals surface area contributed by atoms with Crippen LogP contribution in [0.25, 0.3) is 0 Å². The molecule has 0 fully saturated rings. The molecule has 0 bridgehead atoms. The fourth-order valence-electron chi connectivity index (χ4n) is 1.86. The highest BCUT2D eigenvalue weighted by molar-refractivity contribution is 8.00. The molecule has 2 aromatic heterocycles. The van der Waals surface area contributed by atoms with Gasteiger partial charge in [0.2, 0.25) is 0 Å². The summed E-state index contributed by atoms with van der Waals surface area (Å²) in [5, 5.41) is 11.6. The molecule has 0 aliphatic heterocycles. The summed E-state index contributed by atoms with van der Waals surface area (Å²) in [6, 6.07) is 0. The van der Waals surface area contributed by atoms with E-state index in [0.717, 1.165) is 15.6 Å². The molecule has 8 heteroatoms. The van der Waals surface area contributed by atoms with Crippen molar-refractivity contribution in [3.63, 3.8) is 0 Å². The number of hydrogen-bond acceptors (Lipinski definition) is 7. The summed E-state index contributed by atoms with van der Waals surface area (Å²) in [4.78, 5) is 19.2. The van der Waals surface area contributed by atoms with E-state index in [1.54, 1.807) is 31.8 Å². The molecule has 0 aliphatic rings. The lowest BCUT2D eigenvalue weighted by Crippen LogP contribution is -2.01. The van der Waals surface area contributed by atoms with Crippen LogP contribution in [0, 0.1) is 30.9 Å². The number of nitrogens with zero attached hydrogens (tertiary/aromatic N) is 3. The molecule has 0 unspecified atom stereocenters. The molecule has 2 rings (SSSR count). The summed E-state index contributed by atoms with van der Waals surface area (Å²) in [6.07, 6.45) is 1.55. The zero-order valence-corrected chi connectivity index (χ0v) is 13.0. The number of anilines is 1. The van der Waals surface area contributed by atoms with E-state index in [2.05, 4.69) is 9.97 Å². The lowest BCUT2D eigenvalue weighted by Gasteiger charge is -2.06. The molecule has 2 heterocycles. The van der Waals surface area contributed by atoms with Crippen molar-refractivity contribution in [3.05, 3.63) is 38.8 Å². The minimum absolute atomic E-state index is 0.149. The minimum Gasteiger partial charge on any atom is -0.375 e. The number of hydrogen-bond donors (Lipinski definition) is 1. The van der Waals surface area contributed by atoms with E-state index in [1.807, 2.05) is 6.92 Å². The first-order chi connectivity index (χ1) is 9.40. The summed E-state index contributed by atoms with van der Waals surface area (Å²) in [5.74, 6) is 0.565. The van der Waals surface area contributed by atoms with Gasteiger partial charge in [0.25, 0.3) is 5.69 Å². The van der Waals surface area contributed by atoms with Crippen LogP contribution in [0.15, 0.2) is 10.4 Å². The Balaban J connectivity index is 2.24. The fourth-order valence-corrected chi connectivity index (χ4v) is 3.91. The zero-order chi connectivity index (χ0) is 14.9. The first-order valence-electron chi connectivity index (χ1n) is 5.85. The number of aryl methyl sites for hydroxylation is 2. The topological polar surface area (TPSA) is 94.9 Å². The standard InChI is InChI=1S/C12H14N4O2S2/c1-6-4-14-9(7(2)10(6)16(17)18)5-19-11-8(3)15-12(13)20-11/h4H,5H2,1-3H3,(H2,13,15). The van der Waals surface area contributed by atoms with Gasteiger partial charge in [-0.25, -0.2) is 4.98 Å². The molecule has 0 amide bonds. The third-order valence-electron chi connectivity index (χ3n) is 2.87. The van der Waals surface area contributed by atoms with Crippen molar-refractivity contribution in [2.24, 2.45) is 0 Å². The first kappa shape index (κ1) is 14.7. The van der Waals surface area contributed by atoms with Crippen LogP contribution >= 0.6 is 23.1 Å². The molecule has 20 heavy (non-hydrogen) atoms. The van der Waals surface area contributed by atoms with Crippen LogP contribution in [0.3, 0.4) is 0 Å². The number of thioether (sulfide) groups is 1. The van der Waals surface area contributed by atoms with Crippen molar-refractivity contribution >= 4 is 33.9 Å². The smallest absolute Gasteiger partial charge is 0.278 e. The van der Waals surface area contributed by atoms with Crippen LogP contribution in [0.4, 0.5) is 10.8 Å². The SMILES string of the molecule is Cc1cnc(CSc2sc(N)nc2C)c(C)c1[N+](=O)[O-]. The highest BCUT2D eigenvalue weighted by Crippen LogP contribution is 2.34. The molecule has 0 aliphatic carbocycles. The van der Waals surface area contributed by atoms with E-state index in [9.17, 15) is 10.1 Å². The Kier molecular flexibility index (Phi) is 4.24. The summed E-state index contributed by atoms with van der Waals surface area (Å²) < 4.78 is 1.02. The molecule has 106 valence electrons. The summed E-state index contributed by atoms with van der Waals surface area (Å²) >= 11 is 2.97. The van der Waals surface area contributed by atoms with Gasteiger partial charge in [-0.2, -0.15) is 0 Å². The summed E-state index contributed by atoms with van der Waals surface area (Å²) in [5.41, 5.74) is 8.61. The third-order valence-corrected chi connectivity index (χ3v) is 5.23. The van der Waals surface area contributed by atoms with Crippen LogP contribution in [-0.2, 0) is 5.75 Å². The van der Waals surface area contributed by atoms with Crippen LogP contribution < -0.4 is 5.73 Å². The predicted octanol–water partition coefficient (Wildman–Crippen LogP) is 3.25. The fraction of sp³-hybridized carbons (Fsp3) is 0.333. The average Bonchev–Trinajstić information content (AvgIpc) is 2.66. The average molecular weight is 310 g/mol. The zero-order valence-electron chi connectivity index (χ0n) is 11.3. The van der Waals surface area contributed by atoms with Crippen molar-refractivity contribution in [3.8, 4) is 0 Å². The van der Waals surface area contributed by atoms with Gasteiger partial charge in [-0.05, 0) is 20.8 Å². The van der Waals surface area contributed by atoms with Crippen molar-refractivity contribution < 1.29 is 4.92 Å². The van der Waals surface area contributed by atoms with Gasteiger partial charge >= 0.3 is 0 Å². The highest BCUT2D eigenvalue weighted by atomic mass is 32.2. The van der Waals surface area contributed by atoms with Gasteiger partial charge in [0.05, 0.1) is 20.5 Å². The molecule has 0 saturated carbocycles. The Hall–Kier alpha value is -1.67. The maximum atomic E-state index is 11.1. The molecule has 0 aromatic carbocycles. The number of thiazole rings is 1. The van der Waals surface area contributed by atoms with Gasteiger partial charge in [0.15, 0.2) is 5.13 Å². The van der Waals surface area contributed by atoms with Crippen molar-refractivity contribution in [1.29, 1.82) is 0 Å². The number of aromatic nitrogens is 2. The van der Waals surface area contributed by atoms with E-state index in [4.69, 9.17) is 5.73 Å². The summed E-state index contributed by atoms with van der Waals surface area (Å²) in [7, 11) is 0. The lowest BCUT2D eigenvalue weighted by molar-refractivity contribution is -0.386. The first-order valence-corrected chi connectivity index (χ1v) is 7.65. The van der Waals surface area contributed by atoms with Gasteiger partial charge in [0, 0.05) is 23.1 Å². The van der Waals surface area contributed by atoms with Gasteiger partial charge in [-0.3, -0.25) is 15.1 Å². The molecule has 0 atom stereocenters. The van der Waals surface area contributed by atoms with E-state index >= 15 is 0 Å². The van der Waals surface area contributed by atoms with E-state index in [1.165, 1.54) is 11.3 Å². The number of rotatable bonds is 4. The van der Waals surface area contributed by atoms with Crippen molar-refractivity contribution in [1.82, 2.24) is 9.97 Å². The second kappa shape index (κ2) is 5.76. The molecule has 2 N–H and O–H groups in total. The molecular weight excluding hydrogens is 296 g/mol. The van der Waals surface area contributed by atoms with Crippen molar-refractivity contribution in [2.45, 2.75) is 30.7 Å². The Labute approximate surface area is 124 Å². The van der Waals surface area contributed by atoms with E-state index in [0.29, 0.717) is 22.0 Å². The molecular formula is C12H14N4O2S2. The van der Waals surface area contributed by atoms with Crippen LogP contribution in [0.5, 0.6) is 0 Å². The molecule has 2 aromatic rings. The van der Waals surface area contributed by atoms with Gasteiger partial charge in [-0.1, -0.05) is 11.3 Å². The molecule has 0 radical (unpaired) electrons. The monoisotopic (exact) mass is 310 g/mol. The highest BCUT2D eigenvalue weighted by Gasteiger charge is 2.19. The summed E-state index contributed by atoms with van der Waals surface area (Å²) in [6.45, 7) is 5.33. The Morgan fingerprint density at radius 2 is 2.15 bits per heavy atom. The lowest BCUT2D eigenvalue weighted by atomic mass is 10.1. The van der Waals surface area contributed by atoms with E-state index in [-0.39, 0.29) is 10.6 Å². The van der Waals surface area contributed by atoms with Gasteiger partial charge in [0.1, 0.15) is 0 Å². The maximum absolute atomic E-state index is 11.1. The minimum atomic E-state index is -0.351. The van der Waals surface area contributed by atoms with Crippen LogP contribution in [-0.4, -0.2) is 14.9 Å². The number of pyridine rings is 1. The normalized spacial score (nSPS) is 10.8. The Morgan fingerprint density at radius 3 is 2.70 bits per heavy atom. The third kappa shape index (κ3) is 2.91. The largest absolute Gasteiger partial charge is 0.375 e. The van der Waals surface area contributed by atoms with Gasteiger partial charge < -0.3 is 5.73 Å². The Bertz CT molecular complexity index is 670. The molecule has 0 spiro atoms. The van der Waals surface area contributed by atoms with Crippen LogP contribution in [0.2, 0.25) is 0 Å². The quantitative estimate of drug-likeness (QED) is 0.529. The Morgan fingerprint density at radius 1 is 1.45 bits per heavy atom. The molecule has 6 nitrogen and oxygen atoms in total. The van der Waals surface area contributed by atoms with Crippen molar-refractivity contribution in [2.75, 3.05) is 5.73 Å². The number of nitrogen functional groups attached to an aromatic ring is 1. The number of nitro groups is 1. The van der Waals surface area contributed by atoms with E-state index < -0.39 is 0 Å². The second-order valence-electron chi connectivity index (χ2n) is 4.33.